The number of nitrogens with two attached hydrogens (primary N) is 2. The molecule has 0 bridgehead atoms. The first-order valence-corrected chi connectivity index (χ1v) is 12.5. The summed E-state index contributed by atoms with van der Waals surface area (Å²) in [6.45, 7) is 5.66. The fourth-order valence-corrected chi connectivity index (χ4v) is 2.94. The van der Waals surface area contributed by atoms with Crippen molar-refractivity contribution in [1.82, 2.24) is 10.2 Å². The largest absolute Gasteiger partial charge is 0.461 e. The van der Waals surface area contributed by atoms with Crippen molar-refractivity contribution in [1.29, 1.82) is 0 Å². The number of H-pyrrole nitrogens is 1. The number of hydrogen-bond donors (Lipinski definition) is 4. The van der Waals surface area contributed by atoms with Crippen molar-refractivity contribution in [3.05, 3.63) is 88.7 Å². The van der Waals surface area contributed by atoms with Crippen molar-refractivity contribution in [2.75, 3.05) is 19.8 Å². The van der Waals surface area contributed by atoms with Crippen LogP contribution in [0, 0.1) is 11.6 Å². The van der Waals surface area contributed by atoms with Gasteiger partial charge in [-0.15, -0.1) is 0 Å². The van der Waals surface area contributed by atoms with Crippen molar-refractivity contribution in [3.63, 3.8) is 0 Å². The Labute approximate surface area is 236 Å². The molecule has 1 aromatic heterocycles. The van der Waals surface area contributed by atoms with E-state index in [1.807, 2.05) is 0 Å². The lowest BCUT2D eigenvalue weighted by Gasteiger charge is -2.01. The number of esters is 2. The third-order valence-electron chi connectivity index (χ3n) is 4.60. The number of ether oxygens (including phenoxy) is 2. The normalized spacial score (nSPS) is 9.46. The summed E-state index contributed by atoms with van der Waals surface area (Å²) >= 11 is 0. The van der Waals surface area contributed by atoms with E-state index in [4.69, 9.17) is 9.84 Å². The molecule has 11 nitrogen and oxygen atoms in total. The fourth-order valence-electron chi connectivity index (χ4n) is 2.94. The van der Waals surface area contributed by atoms with Gasteiger partial charge in [-0.2, -0.15) is 5.10 Å². The Morgan fingerprint density at radius 1 is 0.854 bits per heavy atom. The molecule has 6 N–H and O–H groups in total. The minimum absolute atomic E-state index is 0.00851. The molecule has 0 saturated carbocycles. The molecule has 0 aliphatic heterocycles. The number of carbonyl (C=O) groups is 4. The molecule has 13 heteroatoms. The third-order valence-corrected chi connectivity index (χ3v) is 4.60. The van der Waals surface area contributed by atoms with Gasteiger partial charge in [-0.05, 0) is 62.2 Å². The molecule has 3 aromatic rings. The van der Waals surface area contributed by atoms with Crippen LogP contribution in [-0.4, -0.2) is 58.6 Å². The van der Waals surface area contributed by atoms with Gasteiger partial charge < -0.3 is 14.6 Å². The number of halogens is 2. The molecule has 0 unspecified atom stereocenters. The van der Waals surface area contributed by atoms with E-state index in [9.17, 15) is 28.0 Å². The maximum Gasteiger partial charge on any atom is 0.375 e. The number of ketones is 2. The van der Waals surface area contributed by atoms with Crippen molar-refractivity contribution in [3.8, 4) is 0 Å². The molecule has 0 aliphatic rings. The van der Waals surface area contributed by atoms with Crippen LogP contribution in [0.25, 0.3) is 0 Å². The van der Waals surface area contributed by atoms with E-state index in [0.717, 1.165) is 11.3 Å². The van der Waals surface area contributed by atoms with Gasteiger partial charge >= 0.3 is 11.9 Å². The molecule has 0 fully saturated rings. The van der Waals surface area contributed by atoms with Gasteiger partial charge in [-0.1, -0.05) is 24.3 Å². The van der Waals surface area contributed by atoms with Crippen LogP contribution in [0.4, 0.5) is 8.78 Å². The number of aromatic nitrogens is 2. The number of nitrogens with zero attached hydrogens (tertiary/aromatic N) is 1. The Morgan fingerprint density at radius 2 is 1.34 bits per heavy atom. The first-order chi connectivity index (χ1) is 19.6. The van der Waals surface area contributed by atoms with E-state index >= 15 is 0 Å². The van der Waals surface area contributed by atoms with Crippen molar-refractivity contribution < 1.29 is 42.5 Å². The van der Waals surface area contributed by atoms with Gasteiger partial charge in [0.25, 0.3) is 0 Å². The highest BCUT2D eigenvalue weighted by molar-refractivity contribution is 6.37. The summed E-state index contributed by atoms with van der Waals surface area (Å²) in [5.74, 6) is 4.64. The third kappa shape index (κ3) is 15.8. The number of aliphatic hydroxyl groups excluding tert-OH is 1. The van der Waals surface area contributed by atoms with Gasteiger partial charge in [0, 0.05) is 25.1 Å². The average Bonchev–Trinajstić information content (AvgIpc) is 3.42. The highest BCUT2D eigenvalue weighted by Crippen LogP contribution is 2.10. The molecule has 0 aliphatic carbocycles. The zero-order chi connectivity index (χ0) is 31.2. The number of benzene rings is 2. The quantitative estimate of drug-likeness (QED) is 0.0915. The summed E-state index contributed by atoms with van der Waals surface area (Å²) in [5, 5.41) is 14.2. The highest BCUT2D eigenvalue weighted by Gasteiger charge is 2.19. The van der Waals surface area contributed by atoms with Crippen LogP contribution < -0.4 is 11.7 Å². The highest BCUT2D eigenvalue weighted by atomic mass is 19.1. The molecule has 0 amide bonds. The predicted molar refractivity (Wildman–Crippen MR) is 146 cm³/mol. The molecular weight excluding hydrogens is 542 g/mol. The Morgan fingerprint density at radius 3 is 1.83 bits per heavy atom. The zero-order valence-electron chi connectivity index (χ0n) is 23.2. The smallest absolute Gasteiger partial charge is 0.375 e. The fraction of sp³-hybridized carbons (Fsp3) is 0.321. The summed E-state index contributed by atoms with van der Waals surface area (Å²) in [6.07, 6.45) is 0.0638. The van der Waals surface area contributed by atoms with E-state index in [2.05, 4.69) is 26.6 Å². The zero-order valence-corrected chi connectivity index (χ0v) is 23.2. The summed E-state index contributed by atoms with van der Waals surface area (Å²) in [7, 11) is 0. The lowest BCUT2D eigenvalue weighted by molar-refractivity contribution is -0.154. The minimum Gasteiger partial charge on any atom is -0.461 e. The van der Waals surface area contributed by atoms with Crippen LogP contribution in [0.2, 0.25) is 0 Å². The van der Waals surface area contributed by atoms with E-state index in [1.165, 1.54) is 36.4 Å². The molecule has 0 spiro atoms. The first-order valence-electron chi connectivity index (χ1n) is 12.5. The van der Waals surface area contributed by atoms with Gasteiger partial charge in [0.15, 0.2) is 5.69 Å². The molecule has 0 saturated heterocycles. The van der Waals surface area contributed by atoms with Gasteiger partial charge in [0.1, 0.15) is 17.4 Å². The summed E-state index contributed by atoms with van der Waals surface area (Å²) in [5.41, 5.74) is 2.58. The number of aliphatic hydroxyl groups is 1. The van der Waals surface area contributed by atoms with Crippen LogP contribution in [0.5, 0.6) is 0 Å². The van der Waals surface area contributed by atoms with E-state index in [-0.39, 0.29) is 31.1 Å². The molecule has 2 aromatic carbocycles. The Kier molecular flexibility index (Phi) is 19.2. The molecule has 3 rings (SSSR count). The number of carbonyl (C=O) groups excluding carboxylic acids is 4. The lowest BCUT2D eigenvalue weighted by Crippen LogP contribution is -2.21. The topological polar surface area (TPSA) is 188 Å². The standard InChI is InChI=1S/C13H13FN2O2.C13H13FO4.C2H6O.H4N2/c1-2-18-13(17)12-8-11(15-16-12)7-9-3-5-10(14)6-4-9;1-2-18-13(17)12(16)8-11(15)7-9-3-5-10(14)6-4-9;1-2-3;1-2/h3-6,8H,2,7H2,1H3,(H,15,16);3-6H,2,7-8H2,1H3;3H,2H2,1H3;1-2H2. The lowest BCUT2D eigenvalue weighted by atomic mass is 10.1. The second-order valence-electron chi connectivity index (χ2n) is 7.78. The number of nitrogens with one attached hydrogen (secondary N) is 1. The predicted octanol–water partition coefficient (Wildman–Crippen LogP) is 2.59. The SMILES string of the molecule is CCO.CCOC(=O)C(=O)CC(=O)Cc1ccc(F)cc1.CCOC(=O)c1cc(Cc2ccc(F)cc2)[nH]n1.NN. The molecule has 0 radical (unpaired) electrons. The van der Waals surface area contributed by atoms with Crippen molar-refractivity contribution in [2.24, 2.45) is 11.7 Å². The molecule has 0 atom stereocenters. The number of aromatic amines is 1. The first kappa shape index (κ1) is 36.7. The summed E-state index contributed by atoms with van der Waals surface area (Å²) in [6, 6.07) is 13.2. The Balaban J connectivity index is 0.000000675. The number of hydrogen-bond acceptors (Lipinski definition) is 10. The van der Waals surface area contributed by atoms with Crippen LogP contribution in [-0.2, 0) is 36.7 Å². The Hall–Kier alpha value is -4.33. The van der Waals surface area contributed by atoms with Crippen LogP contribution in [0.1, 0.15) is 54.5 Å². The van der Waals surface area contributed by atoms with Gasteiger partial charge in [0.05, 0.1) is 19.6 Å². The Bertz CT molecular complexity index is 1200. The minimum atomic E-state index is -0.995. The summed E-state index contributed by atoms with van der Waals surface area (Å²) in [4.78, 5) is 45.1. The van der Waals surface area contributed by atoms with Crippen molar-refractivity contribution in [2.45, 2.75) is 40.0 Å². The maximum absolute atomic E-state index is 12.7. The van der Waals surface area contributed by atoms with Crippen molar-refractivity contribution >= 4 is 23.5 Å². The number of rotatable bonds is 10. The van der Waals surface area contributed by atoms with E-state index < -0.39 is 35.7 Å². The van der Waals surface area contributed by atoms with Gasteiger partial charge in [-0.3, -0.25) is 26.4 Å². The summed E-state index contributed by atoms with van der Waals surface area (Å²) < 4.78 is 34.7. The van der Waals surface area contributed by atoms with Gasteiger partial charge in [0.2, 0.25) is 5.78 Å². The second-order valence-corrected chi connectivity index (χ2v) is 7.78. The number of hydrazine groups is 1. The molecular formula is C28H36F2N4O7. The van der Waals surface area contributed by atoms with Crippen LogP contribution in [0.15, 0.2) is 54.6 Å². The molecule has 1 heterocycles. The maximum atomic E-state index is 12.7. The van der Waals surface area contributed by atoms with E-state index in [0.29, 0.717) is 18.6 Å². The number of Topliss-reactive ketones (excluding diaryl/α,β-unsaturated/α-hetero) is 2. The monoisotopic (exact) mass is 578 g/mol. The van der Waals surface area contributed by atoms with E-state index in [1.54, 1.807) is 39.0 Å². The van der Waals surface area contributed by atoms with Crippen LogP contribution >= 0.6 is 0 Å². The van der Waals surface area contributed by atoms with Gasteiger partial charge in [-0.25, -0.2) is 18.4 Å². The molecule has 224 valence electrons. The average molecular weight is 579 g/mol. The second kappa shape index (κ2) is 21.5. The van der Waals surface area contributed by atoms with Crippen LogP contribution in [0.3, 0.4) is 0 Å². The molecule has 41 heavy (non-hydrogen) atoms.